The molecule has 148 valence electrons. The van der Waals surface area contributed by atoms with Crippen LogP contribution >= 0.6 is 11.8 Å². The first-order valence-electron chi connectivity index (χ1n) is 9.28. The van der Waals surface area contributed by atoms with Crippen LogP contribution in [-0.4, -0.2) is 37.3 Å². The smallest absolute Gasteiger partial charge is 0.237 e. The minimum Gasteiger partial charge on any atom is -0.461 e. The van der Waals surface area contributed by atoms with Crippen LogP contribution in [0, 0.1) is 0 Å². The van der Waals surface area contributed by atoms with Crippen molar-refractivity contribution in [2.24, 2.45) is 0 Å². The Hall–Kier alpha value is -3.26. The van der Waals surface area contributed by atoms with Gasteiger partial charge >= 0.3 is 0 Å². The summed E-state index contributed by atoms with van der Waals surface area (Å²) in [6.45, 7) is 4.01. The molecule has 0 atom stereocenters. The topological polar surface area (TPSA) is 69.1 Å². The number of aromatic nitrogens is 4. The van der Waals surface area contributed by atoms with Crippen molar-refractivity contribution >= 4 is 23.4 Å². The molecule has 0 saturated carbocycles. The molecule has 29 heavy (non-hydrogen) atoms. The van der Waals surface area contributed by atoms with E-state index in [9.17, 15) is 4.79 Å². The number of benzene rings is 1. The van der Waals surface area contributed by atoms with E-state index < -0.39 is 0 Å². The van der Waals surface area contributed by atoms with Crippen LogP contribution < -0.4 is 4.90 Å². The molecule has 1 aromatic carbocycles. The van der Waals surface area contributed by atoms with Gasteiger partial charge in [-0.25, -0.2) is 4.68 Å². The summed E-state index contributed by atoms with van der Waals surface area (Å²) in [5.41, 5.74) is 0.885. The SMILES string of the molecule is CC(C)N(C(=O)CSc1nnc(-c2ccco2)n1-n1cccc1)c1ccccc1. The van der Waals surface area contributed by atoms with Gasteiger partial charge in [0.05, 0.1) is 12.0 Å². The summed E-state index contributed by atoms with van der Waals surface area (Å²) in [5, 5.41) is 9.19. The average Bonchev–Trinajstić information content (AvgIpc) is 3.47. The van der Waals surface area contributed by atoms with Gasteiger partial charge in [0.25, 0.3) is 0 Å². The van der Waals surface area contributed by atoms with Gasteiger partial charge in [0.15, 0.2) is 5.76 Å². The molecular weight excluding hydrogens is 386 g/mol. The Kier molecular flexibility index (Phi) is 5.53. The van der Waals surface area contributed by atoms with E-state index in [0.29, 0.717) is 16.7 Å². The highest BCUT2D eigenvalue weighted by Crippen LogP contribution is 2.26. The second-order valence-corrected chi connectivity index (χ2v) is 7.58. The average molecular weight is 407 g/mol. The predicted molar refractivity (Wildman–Crippen MR) is 113 cm³/mol. The number of hydrogen-bond acceptors (Lipinski definition) is 5. The molecule has 0 unspecified atom stereocenters. The molecule has 8 heteroatoms. The van der Waals surface area contributed by atoms with E-state index in [2.05, 4.69) is 10.2 Å². The summed E-state index contributed by atoms with van der Waals surface area (Å²) in [6, 6.07) is 17.2. The molecule has 7 nitrogen and oxygen atoms in total. The van der Waals surface area contributed by atoms with Gasteiger partial charge in [-0.2, -0.15) is 0 Å². The molecule has 4 aromatic rings. The molecule has 0 saturated heterocycles. The van der Waals surface area contributed by atoms with Crippen molar-refractivity contribution in [2.75, 3.05) is 10.7 Å². The van der Waals surface area contributed by atoms with Crippen molar-refractivity contribution in [3.8, 4) is 11.6 Å². The van der Waals surface area contributed by atoms with Crippen molar-refractivity contribution in [1.82, 2.24) is 19.5 Å². The zero-order chi connectivity index (χ0) is 20.2. The summed E-state index contributed by atoms with van der Waals surface area (Å²) in [5.74, 6) is 1.44. The van der Waals surface area contributed by atoms with Gasteiger partial charge in [0.1, 0.15) is 0 Å². The molecule has 0 aliphatic carbocycles. The fraction of sp³-hybridized carbons (Fsp3) is 0.190. The van der Waals surface area contributed by atoms with Crippen LogP contribution in [0.1, 0.15) is 13.8 Å². The Labute approximate surface area is 172 Å². The lowest BCUT2D eigenvalue weighted by Gasteiger charge is -2.26. The highest BCUT2D eigenvalue weighted by molar-refractivity contribution is 7.99. The van der Waals surface area contributed by atoms with Crippen LogP contribution in [-0.2, 0) is 4.79 Å². The van der Waals surface area contributed by atoms with Crippen LogP contribution in [0.3, 0.4) is 0 Å². The van der Waals surface area contributed by atoms with E-state index >= 15 is 0 Å². The van der Waals surface area contributed by atoms with Crippen molar-refractivity contribution < 1.29 is 9.21 Å². The van der Waals surface area contributed by atoms with E-state index in [-0.39, 0.29) is 17.7 Å². The second kappa shape index (κ2) is 8.40. The molecule has 4 rings (SSSR count). The monoisotopic (exact) mass is 407 g/mol. The number of carbonyl (C=O) groups excluding carboxylic acids is 1. The van der Waals surface area contributed by atoms with Crippen LogP contribution in [0.15, 0.2) is 82.8 Å². The number of carbonyl (C=O) groups is 1. The zero-order valence-electron chi connectivity index (χ0n) is 16.2. The van der Waals surface area contributed by atoms with E-state index in [1.54, 1.807) is 17.2 Å². The van der Waals surface area contributed by atoms with Gasteiger partial charge in [-0.05, 0) is 50.2 Å². The Bertz CT molecular complexity index is 1060. The summed E-state index contributed by atoms with van der Waals surface area (Å²) in [7, 11) is 0. The third-order valence-corrected chi connectivity index (χ3v) is 5.22. The lowest BCUT2D eigenvalue weighted by molar-refractivity contribution is -0.116. The molecule has 0 spiro atoms. The Morgan fingerprint density at radius 1 is 1.07 bits per heavy atom. The third kappa shape index (κ3) is 3.97. The number of para-hydroxylation sites is 1. The quantitative estimate of drug-likeness (QED) is 0.430. The Balaban J connectivity index is 1.59. The minimum atomic E-state index is 0.0119. The summed E-state index contributed by atoms with van der Waals surface area (Å²) < 4.78 is 9.20. The molecule has 1 amide bonds. The van der Waals surface area contributed by atoms with Gasteiger partial charge in [0, 0.05) is 24.1 Å². The van der Waals surface area contributed by atoms with Crippen LogP contribution in [0.2, 0.25) is 0 Å². The van der Waals surface area contributed by atoms with Crippen molar-refractivity contribution in [3.05, 3.63) is 73.3 Å². The Morgan fingerprint density at radius 2 is 1.83 bits per heavy atom. The number of amides is 1. The highest BCUT2D eigenvalue weighted by atomic mass is 32.2. The third-order valence-electron chi connectivity index (χ3n) is 4.32. The standard InChI is InChI=1S/C21H21N5O2S/c1-16(2)25(17-9-4-3-5-10-17)19(27)15-29-21-23-22-20(18-11-8-14-28-18)26(21)24-12-6-7-13-24/h3-14,16H,15H2,1-2H3. The van der Waals surface area contributed by atoms with Crippen LogP contribution in [0.25, 0.3) is 11.6 Å². The number of anilines is 1. The summed E-state index contributed by atoms with van der Waals surface area (Å²) in [6.07, 6.45) is 5.39. The van der Waals surface area contributed by atoms with E-state index in [0.717, 1.165) is 5.69 Å². The number of thioether (sulfide) groups is 1. The molecular formula is C21H21N5O2S. The molecule has 3 heterocycles. The number of hydrogen-bond donors (Lipinski definition) is 0. The van der Waals surface area contributed by atoms with Crippen LogP contribution in [0.4, 0.5) is 5.69 Å². The maximum absolute atomic E-state index is 13.0. The van der Waals surface area contributed by atoms with Gasteiger partial charge in [-0.15, -0.1) is 10.2 Å². The highest BCUT2D eigenvalue weighted by Gasteiger charge is 2.22. The number of rotatable bonds is 7. The minimum absolute atomic E-state index is 0.0119. The number of nitrogens with zero attached hydrogens (tertiary/aromatic N) is 5. The lowest BCUT2D eigenvalue weighted by Crippen LogP contribution is -2.38. The van der Waals surface area contributed by atoms with E-state index in [1.165, 1.54) is 11.8 Å². The van der Waals surface area contributed by atoms with E-state index in [4.69, 9.17) is 4.42 Å². The maximum Gasteiger partial charge on any atom is 0.237 e. The van der Waals surface area contributed by atoms with Gasteiger partial charge in [-0.3, -0.25) is 9.47 Å². The first kappa shape index (κ1) is 19.1. The molecule has 0 aliphatic heterocycles. The van der Waals surface area contributed by atoms with Crippen molar-refractivity contribution in [3.63, 3.8) is 0 Å². The number of furan rings is 1. The van der Waals surface area contributed by atoms with Gasteiger partial charge in [0.2, 0.25) is 16.9 Å². The summed E-state index contributed by atoms with van der Waals surface area (Å²) >= 11 is 1.35. The summed E-state index contributed by atoms with van der Waals surface area (Å²) in [4.78, 5) is 14.8. The van der Waals surface area contributed by atoms with Crippen molar-refractivity contribution in [2.45, 2.75) is 25.0 Å². The molecule has 0 fully saturated rings. The fourth-order valence-corrected chi connectivity index (χ4v) is 3.89. The van der Waals surface area contributed by atoms with Gasteiger partial charge < -0.3 is 9.32 Å². The first-order valence-corrected chi connectivity index (χ1v) is 10.3. The molecule has 0 aliphatic rings. The fourth-order valence-electron chi connectivity index (χ4n) is 3.10. The van der Waals surface area contributed by atoms with Crippen molar-refractivity contribution in [1.29, 1.82) is 0 Å². The maximum atomic E-state index is 13.0. The normalized spacial score (nSPS) is 11.1. The Morgan fingerprint density at radius 3 is 2.48 bits per heavy atom. The molecule has 0 N–H and O–H groups in total. The largest absolute Gasteiger partial charge is 0.461 e. The van der Waals surface area contributed by atoms with Gasteiger partial charge in [-0.1, -0.05) is 30.0 Å². The van der Waals surface area contributed by atoms with Crippen LogP contribution in [0.5, 0.6) is 0 Å². The lowest BCUT2D eigenvalue weighted by atomic mass is 10.2. The zero-order valence-corrected chi connectivity index (χ0v) is 17.0. The molecule has 3 aromatic heterocycles. The first-order chi connectivity index (χ1) is 14.1. The second-order valence-electron chi connectivity index (χ2n) is 6.64. The van der Waals surface area contributed by atoms with E-state index in [1.807, 2.05) is 84.1 Å². The predicted octanol–water partition coefficient (Wildman–Crippen LogP) is 4.18. The molecule has 0 bridgehead atoms. The molecule has 0 radical (unpaired) electrons.